The summed E-state index contributed by atoms with van der Waals surface area (Å²) in [6.07, 6.45) is 6.62. The van der Waals surface area contributed by atoms with E-state index in [2.05, 4.69) is 13.8 Å². The molecule has 0 N–H and O–H groups in total. The molecule has 3 heteroatoms. The van der Waals surface area contributed by atoms with Crippen LogP contribution in [0.1, 0.15) is 53.4 Å². The Hall–Kier alpha value is -1.38. The van der Waals surface area contributed by atoms with Gasteiger partial charge in [-0.15, -0.1) is 0 Å². The summed E-state index contributed by atoms with van der Waals surface area (Å²) < 4.78 is 5.34. The van der Waals surface area contributed by atoms with Gasteiger partial charge in [0.25, 0.3) is 0 Å². The molecule has 1 aliphatic heterocycles. The molecule has 1 fully saturated rings. The van der Waals surface area contributed by atoms with E-state index in [1.165, 1.54) is 0 Å². The second kappa shape index (κ2) is 4.62. The first-order valence-electron chi connectivity index (χ1n) is 6.89. The number of carbonyl (C=O) groups is 2. The molecular weight excluding hydrogens is 240 g/mol. The molecule has 0 saturated carbocycles. The van der Waals surface area contributed by atoms with Gasteiger partial charge >= 0.3 is 5.97 Å². The minimum absolute atomic E-state index is 0.00741. The van der Waals surface area contributed by atoms with Gasteiger partial charge in [-0.05, 0) is 42.9 Å². The second-order valence-corrected chi connectivity index (χ2v) is 6.47. The van der Waals surface area contributed by atoms with Crippen LogP contribution in [0.25, 0.3) is 0 Å². The van der Waals surface area contributed by atoms with Gasteiger partial charge in [0, 0.05) is 19.3 Å². The van der Waals surface area contributed by atoms with E-state index >= 15 is 0 Å². The van der Waals surface area contributed by atoms with Crippen LogP contribution in [0.4, 0.5) is 0 Å². The molecule has 0 aromatic rings. The largest absolute Gasteiger partial charge is 0.455 e. The van der Waals surface area contributed by atoms with E-state index in [0.717, 1.165) is 17.6 Å². The molecule has 0 aromatic carbocycles. The lowest BCUT2D eigenvalue weighted by atomic mass is 9.72. The number of allylic oxidation sites excluding steroid dienone is 3. The Kier molecular flexibility index (Phi) is 3.41. The van der Waals surface area contributed by atoms with E-state index in [0.29, 0.717) is 19.3 Å². The van der Waals surface area contributed by atoms with Crippen LogP contribution in [0.2, 0.25) is 0 Å². The molecule has 1 aliphatic carbocycles. The predicted octanol–water partition coefficient (Wildman–Crippen LogP) is 3.34. The van der Waals surface area contributed by atoms with Gasteiger partial charge in [0.1, 0.15) is 5.60 Å². The van der Waals surface area contributed by atoms with Gasteiger partial charge in [-0.2, -0.15) is 0 Å². The number of ether oxygens (including phenoxy) is 1. The molecule has 1 saturated heterocycles. The summed E-state index contributed by atoms with van der Waals surface area (Å²) in [6.45, 7) is 8.13. The Bertz CT molecular complexity index is 482. The van der Waals surface area contributed by atoms with Crippen molar-refractivity contribution < 1.29 is 14.3 Å². The van der Waals surface area contributed by atoms with Crippen LogP contribution >= 0.6 is 0 Å². The number of cyclic esters (lactones) is 1. The zero-order chi connectivity index (χ0) is 14.3. The van der Waals surface area contributed by atoms with E-state index in [1.54, 1.807) is 0 Å². The molecule has 2 rings (SSSR count). The number of ketones is 1. The van der Waals surface area contributed by atoms with Crippen LogP contribution < -0.4 is 0 Å². The zero-order valence-electron chi connectivity index (χ0n) is 12.2. The van der Waals surface area contributed by atoms with E-state index in [1.807, 2.05) is 26.0 Å². The third kappa shape index (κ3) is 2.80. The second-order valence-electron chi connectivity index (χ2n) is 6.47. The number of rotatable bonds is 2. The summed E-state index contributed by atoms with van der Waals surface area (Å²) in [5, 5.41) is 0. The first kappa shape index (κ1) is 14.0. The predicted molar refractivity (Wildman–Crippen MR) is 73.6 cm³/mol. The topological polar surface area (TPSA) is 43.4 Å². The van der Waals surface area contributed by atoms with Crippen molar-refractivity contribution in [2.45, 2.75) is 59.0 Å². The highest BCUT2D eigenvalue weighted by molar-refractivity contribution is 5.97. The molecule has 1 heterocycles. The molecule has 104 valence electrons. The fourth-order valence-corrected chi connectivity index (χ4v) is 2.85. The summed E-state index contributed by atoms with van der Waals surface area (Å²) in [5.74, 6) is 0.0874. The third-order valence-electron chi connectivity index (χ3n) is 4.30. The highest BCUT2D eigenvalue weighted by Crippen LogP contribution is 2.40. The fraction of sp³-hybridized carbons (Fsp3) is 0.625. The normalized spacial score (nSPS) is 31.2. The summed E-state index contributed by atoms with van der Waals surface area (Å²) in [6, 6.07) is 0. The highest BCUT2D eigenvalue weighted by atomic mass is 16.6. The summed E-state index contributed by atoms with van der Waals surface area (Å²) in [4.78, 5) is 23.1. The van der Waals surface area contributed by atoms with Crippen LogP contribution in [0.3, 0.4) is 0 Å². The monoisotopic (exact) mass is 262 g/mol. The molecule has 0 spiro atoms. The molecule has 1 atom stereocenters. The van der Waals surface area contributed by atoms with E-state index < -0.39 is 5.60 Å². The first-order chi connectivity index (χ1) is 8.73. The van der Waals surface area contributed by atoms with Gasteiger partial charge in [-0.1, -0.05) is 19.9 Å². The van der Waals surface area contributed by atoms with Crippen molar-refractivity contribution in [3.05, 3.63) is 23.3 Å². The lowest BCUT2D eigenvalue weighted by molar-refractivity contribution is -0.144. The summed E-state index contributed by atoms with van der Waals surface area (Å²) in [7, 11) is 0. The van der Waals surface area contributed by atoms with Gasteiger partial charge in [-0.25, -0.2) is 0 Å². The van der Waals surface area contributed by atoms with Crippen molar-refractivity contribution in [3.63, 3.8) is 0 Å². The van der Waals surface area contributed by atoms with Crippen molar-refractivity contribution in [2.75, 3.05) is 0 Å². The van der Waals surface area contributed by atoms with Gasteiger partial charge in [-0.3, -0.25) is 9.59 Å². The number of carbonyl (C=O) groups excluding carboxylic acids is 2. The molecule has 3 nitrogen and oxygen atoms in total. The molecule has 2 aliphatic rings. The van der Waals surface area contributed by atoms with E-state index in [9.17, 15) is 9.59 Å². The number of hydrogen-bond donors (Lipinski definition) is 0. The maximum atomic E-state index is 11.8. The average molecular weight is 262 g/mol. The van der Waals surface area contributed by atoms with Crippen molar-refractivity contribution in [3.8, 4) is 0 Å². The molecule has 0 aromatic heterocycles. The SMILES string of the molecule is CC1=C(/C=C/[C@]2(C)CCC(=O)O2)C(C)(C)CCC1=O. The van der Waals surface area contributed by atoms with Gasteiger partial charge in [0.05, 0.1) is 0 Å². The Morgan fingerprint density at radius 1 is 1.11 bits per heavy atom. The Morgan fingerprint density at radius 2 is 1.79 bits per heavy atom. The molecule has 0 bridgehead atoms. The molecule has 19 heavy (non-hydrogen) atoms. The minimum Gasteiger partial charge on any atom is -0.455 e. The van der Waals surface area contributed by atoms with Crippen LogP contribution in [-0.2, 0) is 14.3 Å². The smallest absolute Gasteiger partial charge is 0.306 e. The number of Topliss-reactive ketones (excluding diaryl/α,β-unsaturated/α-hetero) is 1. The maximum Gasteiger partial charge on any atom is 0.306 e. The van der Waals surface area contributed by atoms with Crippen molar-refractivity contribution in [1.29, 1.82) is 0 Å². The molecule has 0 unspecified atom stereocenters. The third-order valence-corrected chi connectivity index (χ3v) is 4.30. The maximum absolute atomic E-state index is 11.8. The Labute approximate surface area is 114 Å². The number of esters is 1. The molecule has 0 amide bonds. The standard InChI is InChI=1S/C16H22O3/c1-11-12(15(2,3)8-6-13(11)17)5-9-16(4)10-7-14(18)19-16/h5,9H,6-8,10H2,1-4H3/b9-5+/t16-/m1/s1. The van der Waals surface area contributed by atoms with Crippen molar-refractivity contribution in [2.24, 2.45) is 5.41 Å². The minimum atomic E-state index is -0.513. The van der Waals surface area contributed by atoms with Gasteiger partial charge < -0.3 is 4.74 Å². The summed E-state index contributed by atoms with van der Waals surface area (Å²) >= 11 is 0. The van der Waals surface area contributed by atoms with Gasteiger partial charge in [0.2, 0.25) is 0 Å². The first-order valence-corrected chi connectivity index (χ1v) is 6.89. The quantitative estimate of drug-likeness (QED) is 0.717. The Balaban J connectivity index is 2.28. The van der Waals surface area contributed by atoms with Crippen LogP contribution in [0, 0.1) is 5.41 Å². The van der Waals surface area contributed by atoms with E-state index in [4.69, 9.17) is 4.74 Å². The van der Waals surface area contributed by atoms with Crippen LogP contribution in [0.15, 0.2) is 23.3 Å². The summed E-state index contributed by atoms with van der Waals surface area (Å²) in [5.41, 5.74) is 1.42. The lowest BCUT2D eigenvalue weighted by Crippen LogP contribution is -2.25. The van der Waals surface area contributed by atoms with E-state index in [-0.39, 0.29) is 17.2 Å². The van der Waals surface area contributed by atoms with Crippen LogP contribution in [-0.4, -0.2) is 17.4 Å². The fourth-order valence-electron chi connectivity index (χ4n) is 2.85. The Morgan fingerprint density at radius 3 is 2.37 bits per heavy atom. The van der Waals surface area contributed by atoms with Crippen molar-refractivity contribution >= 4 is 11.8 Å². The average Bonchev–Trinajstić information content (AvgIpc) is 2.65. The molecular formula is C16H22O3. The zero-order valence-corrected chi connectivity index (χ0v) is 12.2. The molecule has 0 radical (unpaired) electrons. The van der Waals surface area contributed by atoms with Gasteiger partial charge in [0.15, 0.2) is 5.78 Å². The number of hydrogen-bond acceptors (Lipinski definition) is 3. The lowest BCUT2D eigenvalue weighted by Gasteiger charge is -2.32. The van der Waals surface area contributed by atoms with Crippen molar-refractivity contribution in [1.82, 2.24) is 0 Å². The van der Waals surface area contributed by atoms with Crippen LogP contribution in [0.5, 0.6) is 0 Å². The highest BCUT2D eigenvalue weighted by Gasteiger charge is 2.35.